The van der Waals surface area contributed by atoms with E-state index in [2.05, 4.69) is 72.8 Å². The van der Waals surface area contributed by atoms with E-state index in [-0.39, 0.29) is 0 Å². The van der Waals surface area contributed by atoms with Gasteiger partial charge in [0.2, 0.25) is 0 Å². The van der Waals surface area contributed by atoms with E-state index < -0.39 is 0 Å². The fraction of sp³-hybridized carbons (Fsp3) is 0. The van der Waals surface area contributed by atoms with Gasteiger partial charge in [-0.15, -0.1) is 45.3 Å². The molecular weight excluding hydrogens is 535 g/mol. The van der Waals surface area contributed by atoms with Crippen LogP contribution in [-0.4, -0.2) is 0 Å². The Morgan fingerprint density at radius 3 is 0.824 bits per heavy atom. The minimum absolute atomic E-state index is 0.766. The van der Waals surface area contributed by atoms with Crippen molar-refractivity contribution in [1.82, 2.24) is 0 Å². The zero-order chi connectivity index (χ0) is 23.1. The average Bonchev–Trinajstić information content (AvgIpc) is 3.65. The molecule has 6 rings (SSSR count). The first kappa shape index (κ1) is 22.3. The molecule has 0 aliphatic heterocycles. The van der Waals surface area contributed by atoms with E-state index in [1.54, 1.807) is 0 Å². The highest BCUT2D eigenvalue weighted by Gasteiger charge is 2.12. The Morgan fingerprint density at radius 1 is 0.294 bits per heavy atom. The van der Waals surface area contributed by atoms with Gasteiger partial charge in [-0.25, -0.2) is 0 Å². The predicted octanol–water partition coefficient (Wildman–Crippen LogP) is 11.6. The largest absolute Gasteiger partial charge is 0.134 e. The summed E-state index contributed by atoms with van der Waals surface area (Å²) in [6.07, 6.45) is 0. The van der Waals surface area contributed by atoms with Gasteiger partial charge in [0, 0.05) is 49.1 Å². The number of rotatable bonds is 5. The molecule has 34 heavy (non-hydrogen) atoms. The summed E-state index contributed by atoms with van der Waals surface area (Å²) in [6, 6.07) is 33.9. The zero-order valence-corrected chi connectivity index (χ0v) is 22.4. The van der Waals surface area contributed by atoms with Gasteiger partial charge in [-0.1, -0.05) is 47.5 Å². The number of benzene rings is 2. The van der Waals surface area contributed by atoms with Crippen LogP contribution in [0.5, 0.6) is 0 Å². The topological polar surface area (TPSA) is 0 Å². The number of thiophene rings is 4. The molecule has 0 nitrogen and oxygen atoms in total. The molecule has 6 aromatic rings. The van der Waals surface area contributed by atoms with Crippen molar-refractivity contribution in [1.29, 1.82) is 0 Å². The van der Waals surface area contributed by atoms with Gasteiger partial charge in [0.05, 0.1) is 0 Å². The third-order valence-electron chi connectivity index (χ3n) is 5.41. The minimum Gasteiger partial charge on any atom is -0.134 e. The lowest BCUT2D eigenvalue weighted by Gasteiger charge is -1.97. The molecule has 0 fully saturated rings. The third kappa shape index (κ3) is 4.55. The smallest absolute Gasteiger partial charge is 0.0449 e. The van der Waals surface area contributed by atoms with Crippen LogP contribution in [0.2, 0.25) is 10.0 Å². The molecule has 4 aromatic heterocycles. The summed E-state index contributed by atoms with van der Waals surface area (Å²) >= 11 is 19.4. The number of hydrogen-bond acceptors (Lipinski definition) is 4. The Balaban J connectivity index is 1.23. The quantitative estimate of drug-likeness (QED) is 0.200. The first-order valence-corrected chi connectivity index (χ1v) is 14.6. The third-order valence-corrected chi connectivity index (χ3v) is 10.9. The monoisotopic (exact) mass is 550 g/mol. The molecule has 0 spiro atoms. The van der Waals surface area contributed by atoms with Crippen molar-refractivity contribution in [3.8, 4) is 50.1 Å². The van der Waals surface area contributed by atoms with E-state index in [9.17, 15) is 0 Å². The summed E-state index contributed by atoms with van der Waals surface area (Å²) in [5.74, 6) is 0. The Labute approximate surface area is 224 Å². The summed E-state index contributed by atoms with van der Waals surface area (Å²) in [5, 5.41) is 1.53. The van der Waals surface area contributed by atoms with E-state index in [1.165, 1.54) is 50.1 Å². The molecule has 0 aliphatic rings. The van der Waals surface area contributed by atoms with Crippen LogP contribution < -0.4 is 0 Å². The highest BCUT2D eigenvalue weighted by atomic mass is 35.5. The van der Waals surface area contributed by atoms with E-state index in [0.29, 0.717) is 0 Å². The first-order valence-electron chi connectivity index (χ1n) is 10.5. The van der Waals surface area contributed by atoms with Gasteiger partial charge in [-0.3, -0.25) is 0 Å². The van der Waals surface area contributed by atoms with Gasteiger partial charge < -0.3 is 0 Å². The van der Waals surface area contributed by atoms with Crippen molar-refractivity contribution >= 4 is 68.5 Å². The molecule has 6 heteroatoms. The fourth-order valence-corrected chi connectivity index (χ4v) is 8.24. The van der Waals surface area contributed by atoms with Gasteiger partial charge >= 0.3 is 0 Å². The van der Waals surface area contributed by atoms with E-state index in [4.69, 9.17) is 23.2 Å². The summed E-state index contributed by atoms with van der Waals surface area (Å²) in [5.41, 5.74) is 2.41. The van der Waals surface area contributed by atoms with Crippen molar-refractivity contribution < 1.29 is 0 Å². The Bertz CT molecular complexity index is 1440. The summed E-state index contributed by atoms with van der Waals surface area (Å²) in [4.78, 5) is 10.3. The molecule has 2 aromatic carbocycles. The highest BCUT2D eigenvalue weighted by Crippen LogP contribution is 2.44. The van der Waals surface area contributed by atoms with Crippen LogP contribution in [0, 0.1) is 0 Å². The molecule has 0 radical (unpaired) electrons. The number of hydrogen-bond donors (Lipinski definition) is 0. The standard InChI is InChI=1S/C28H16Cl2S4/c29-19-5-1-17(2-6-19)21-9-11-23(31-21)25-13-15-27(33-25)28-16-14-26(34-28)24-12-10-22(32-24)18-3-7-20(30)8-4-18/h1-16H. The van der Waals surface area contributed by atoms with Crippen LogP contribution in [0.1, 0.15) is 0 Å². The zero-order valence-electron chi connectivity index (χ0n) is 17.6. The van der Waals surface area contributed by atoms with Crippen LogP contribution in [0.15, 0.2) is 97.1 Å². The average molecular weight is 552 g/mol. The van der Waals surface area contributed by atoms with Crippen LogP contribution in [0.3, 0.4) is 0 Å². The SMILES string of the molecule is Clc1ccc(-c2ccc(-c3ccc(-c4ccc(-c5ccc(-c6ccc(Cl)cc6)s5)s4)s3)s2)cc1. The van der Waals surface area contributed by atoms with Crippen LogP contribution in [0.4, 0.5) is 0 Å². The summed E-state index contributed by atoms with van der Waals surface area (Å²) in [7, 11) is 0. The molecule has 166 valence electrons. The van der Waals surface area contributed by atoms with Gasteiger partial charge in [-0.05, 0) is 83.9 Å². The molecular formula is C28H16Cl2S4. The normalized spacial score (nSPS) is 11.2. The van der Waals surface area contributed by atoms with Crippen molar-refractivity contribution in [2.75, 3.05) is 0 Å². The molecule has 0 bridgehead atoms. The van der Waals surface area contributed by atoms with Crippen LogP contribution in [0.25, 0.3) is 50.1 Å². The summed E-state index contributed by atoms with van der Waals surface area (Å²) < 4.78 is 0. The fourth-order valence-electron chi connectivity index (χ4n) is 3.68. The Morgan fingerprint density at radius 2 is 0.529 bits per heavy atom. The van der Waals surface area contributed by atoms with Crippen LogP contribution >= 0.6 is 68.5 Å². The molecule has 0 saturated heterocycles. The molecule has 4 heterocycles. The number of halogens is 2. The van der Waals surface area contributed by atoms with E-state index in [1.807, 2.05) is 69.6 Å². The second kappa shape index (κ2) is 9.46. The lowest BCUT2D eigenvalue weighted by atomic mass is 10.2. The van der Waals surface area contributed by atoms with Gasteiger partial charge in [0.15, 0.2) is 0 Å². The van der Waals surface area contributed by atoms with Crippen molar-refractivity contribution in [3.05, 3.63) is 107 Å². The minimum atomic E-state index is 0.766. The van der Waals surface area contributed by atoms with Gasteiger partial charge in [0.25, 0.3) is 0 Å². The highest BCUT2D eigenvalue weighted by molar-refractivity contribution is 7.29. The van der Waals surface area contributed by atoms with Crippen LogP contribution in [-0.2, 0) is 0 Å². The van der Waals surface area contributed by atoms with E-state index in [0.717, 1.165) is 10.0 Å². The molecule has 0 unspecified atom stereocenters. The predicted molar refractivity (Wildman–Crippen MR) is 155 cm³/mol. The van der Waals surface area contributed by atoms with Crippen molar-refractivity contribution in [2.24, 2.45) is 0 Å². The Hall–Kier alpha value is -2.18. The maximum Gasteiger partial charge on any atom is 0.0449 e. The Kier molecular flexibility index (Phi) is 6.20. The molecule has 0 amide bonds. The van der Waals surface area contributed by atoms with Gasteiger partial charge in [0.1, 0.15) is 0 Å². The first-order chi connectivity index (χ1) is 16.6. The molecule has 0 aliphatic carbocycles. The maximum absolute atomic E-state index is 6.04. The second-order valence-electron chi connectivity index (χ2n) is 7.67. The van der Waals surface area contributed by atoms with Crippen molar-refractivity contribution in [2.45, 2.75) is 0 Å². The maximum atomic E-state index is 6.04. The van der Waals surface area contributed by atoms with Gasteiger partial charge in [-0.2, -0.15) is 0 Å². The second-order valence-corrected chi connectivity index (χ2v) is 12.9. The lowest BCUT2D eigenvalue weighted by molar-refractivity contribution is 1.70. The summed E-state index contributed by atoms with van der Waals surface area (Å²) in [6.45, 7) is 0. The lowest BCUT2D eigenvalue weighted by Crippen LogP contribution is -1.69. The van der Waals surface area contributed by atoms with E-state index >= 15 is 0 Å². The molecule has 0 atom stereocenters. The molecule has 0 saturated carbocycles. The molecule has 0 N–H and O–H groups in total. The van der Waals surface area contributed by atoms with Crippen molar-refractivity contribution in [3.63, 3.8) is 0 Å².